The quantitative estimate of drug-likeness (QED) is 0.375. The number of phenols is 1. The van der Waals surface area contributed by atoms with Crippen LogP contribution in [0.25, 0.3) is 0 Å². The molecule has 2 unspecified atom stereocenters. The number of carbonyl (C=O) groups is 3. The maximum atomic E-state index is 13.3. The molecule has 0 aliphatic heterocycles. The Balaban J connectivity index is 3.25. The fourth-order valence-corrected chi connectivity index (χ4v) is 3.06. The lowest BCUT2D eigenvalue weighted by atomic mass is 10.0. The van der Waals surface area contributed by atoms with E-state index < -0.39 is 29.7 Å². The Bertz CT molecular complexity index is 816. The molecule has 3 amide bonds. The first-order valence-electron chi connectivity index (χ1n) is 10.9. The van der Waals surface area contributed by atoms with Gasteiger partial charge in [-0.15, -0.1) is 6.58 Å². The van der Waals surface area contributed by atoms with Gasteiger partial charge in [0.2, 0.25) is 11.8 Å². The van der Waals surface area contributed by atoms with E-state index in [-0.39, 0.29) is 18.2 Å². The van der Waals surface area contributed by atoms with Crippen LogP contribution < -0.4 is 10.6 Å². The highest BCUT2D eigenvalue weighted by Crippen LogP contribution is 2.27. The Labute approximate surface area is 191 Å². The molecule has 2 atom stereocenters. The molecule has 0 saturated carbocycles. The van der Waals surface area contributed by atoms with Crippen molar-refractivity contribution in [1.82, 2.24) is 15.5 Å². The number of unbranched alkanes of at least 4 members (excludes halogenated alkanes) is 1. The number of carbonyl (C=O) groups excluding carboxylic acids is 3. The van der Waals surface area contributed by atoms with E-state index >= 15 is 0 Å². The van der Waals surface area contributed by atoms with Gasteiger partial charge in [-0.25, -0.2) is 4.79 Å². The highest BCUT2D eigenvalue weighted by atomic mass is 16.6. The van der Waals surface area contributed by atoms with Crippen LogP contribution in [-0.2, 0) is 14.3 Å². The average molecular weight is 448 g/mol. The largest absolute Gasteiger partial charge is 0.508 e. The molecule has 0 aliphatic rings. The van der Waals surface area contributed by atoms with Crippen LogP contribution >= 0.6 is 0 Å². The van der Waals surface area contributed by atoms with E-state index in [1.165, 1.54) is 24.0 Å². The standard InChI is InChI=1S/C24H37N3O5/c1-8-10-13-25-21(29)20(18-11-12-19(28)16(3)15-18)27(14-9-2)22(30)17(4)26-23(31)32-24(5,6)7/h9,11-12,15,17,20,28H,2,8,10,13-14H2,1,3-7H3,(H,25,29)(H,26,31). The van der Waals surface area contributed by atoms with Crippen molar-refractivity contribution in [2.45, 2.75) is 72.1 Å². The van der Waals surface area contributed by atoms with Crippen molar-refractivity contribution in [3.8, 4) is 5.75 Å². The summed E-state index contributed by atoms with van der Waals surface area (Å²) in [6.45, 7) is 14.7. The minimum atomic E-state index is -0.959. The molecule has 178 valence electrons. The van der Waals surface area contributed by atoms with Gasteiger partial charge in [0.05, 0.1) is 0 Å². The van der Waals surface area contributed by atoms with Gasteiger partial charge in [0.25, 0.3) is 0 Å². The van der Waals surface area contributed by atoms with Crippen LogP contribution in [0.2, 0.25) is 0 Å². The summed E-state index contributed by atoms with van der Waals surface area (Å²) in [5.74, 6) is -0.708. The maximum absolute atomic E-state index is 13.3. The molecular formula is C24H37N3O5. The second kappa shape index (κ2) is 12.1. The molecule has 0 aliphatic carbocycles. The predicted molar refractivity (Wildman–Crippen MR) is 124 cm³/mol. The highest BCUT2D eigenvalue weighted by Gasteiger charge is 2.34. The molecule has 0 saturated heterocycles. The summed E-state index contributed by atoms with van der Waals surface area (Å²) in [5.41, 5.74) is 0.424. The molecule has 0 heterocycles. The summed E-state index contributed by atoms with van der Waals surface area (Å²) < 4.78 is 5.24. The highest BCUT2D eigenvalue weighted by molar-refractivity contribution is 5.92. The summed E-state index contributed by atoms with van der Waals surface area (Å²) in [6, 6.07) is 2.89. The number of phenolic OH excluding ortho intramolecular Hbond substituents is 1. The third-order valence-corrected chi connectivity index (χ3v) is 4.64. The van der Waals surface area contributed by atoms with Gasteiger partial charge < -0.3 is 25.4 Å². The minimum absolute atomic E-state index is 0.0883. The van der Waals surface area contributed by atoms with Crippen molar-refractivity contribution in [3.05, 3.63) is 42.0 Å². The van der Waals surface area contributed by atoms with Gasteiger partial charge in [-0.1, -0.05) is 25.5 Å². The minimum Gasteiger partial charge on any atom is -0.508 e. The summed E-state index contributed by atoms with van der Waals surface area (Å²) in [4.78, 5) is 40.0. The van der Waals surface area contributed by atoms with E-state index in [1.807, 2.05) is 6.92 Å². The Morgan fingerprint density at radius 2 is 1.94 bits per heavy atom. The number of alkyl carbamates (subject to hydrolysis) is 1. The molecule has 8 nitrogen and oxygen atoms in total. The Morgan fingerprint density at radius 3 is 2.47 bits per heavy atom. The van der Waals surface area contributed by atoms with E-state index in [4.69, 9.17) is 4.74 Å². The van der Waals surface area contributed by atoms with Crippen LogP contribution in [0.5, 0.6) is 5.75 Å². The molecule has 0 bridgehead atoms. The first kappa shape index (κ1) is 27.0. The fraction of sp³-hybridized carbons (Fsp3) is 0.542. The van der Waals surface area contributed by atoms with Crippen molar-refractivity contribution in [3.63, 3.8) is 0 Å². The van der Waals surface area contributed by atoms with Gasteiger partial charge in [-0.3, -0.25) is 9.59 Å². The van der Waals surface area contributed by atoms with Gasteiger partial charge >= 0.3 is 6.09 Å². The summed E-state index contributed by atoms with van der Waals surface area (Å²) >= 11 is 0. The number of hydrogen-bond donors (Lipinski definition) is 3. The molecule has 3 N–H and O–H groups in total. The molecular weight excluding hydrogens is 410 g/mol. The summed E-state index contributed by atoms with van der Waals surface area (Å²) in [7, 11) is 0. The SMILES string of the molecule is C=CCN(C(=O)C(C)NC(=O)OC(C)(C)C)C(C(=O)NCCCC)c1ccc(O)c(C)c1. The van der Waals surface area contributed by atoms with Gasteiger partial charge in [-0.2, -0.15) is 0 Å². The molecule has 0 fully saturated rings. The van der Waals surface area contributed by atoms with Crippen LogP contribution in [-0.4, -0.2) is 52.6 Å². The zero-order chi connectivity index (χ0) is 24.5. The summed E-state index contributed by atoms with van der Waals surface area (Å²) in [5, 5.41) is 15.3. The normalized spacial score (nSPS) is 12.9. The number of benzene rings is 1. The van der Waals surface area contributed by atoms with E-state index in [9.17, 15) is 19.5 Å². The predicted octanol–water partition coefficient (Wildman–Crippen LogP) is 3.59. The van der Waals surface area contributed by atoms with E-state index in [0.717, 1.165) is 12.8 Å². The molecule has 1 aromatic rings. The number of ether oxygens (including phenoxy) is 1. The maximum Gasteiger partial charge on any atom is 0.408 e. The average Bonchev–Trinajstić information content (AvgIpc) is 2.68. The molecule has 0 spiro atoms. The Hall–Kier alpha value is -3.03. The van der Waals surface area contributed by atoms with E-state index in [2.05, 4.69) is 17.2 Å². The van der Waals surface area contributed by atoms with Crippen molar-refractivity contribution in [2.24, 2.45) is 0 Å². The molecule has 1 aromatic carbocycles. The summed E-state index contributed by atoms with van der Waals surface area (Å²) in [6.07, 6.45) is 2.52. The van der Waals surface area contributed by atoms with Crippen LogP contribution in [0.15, 0.2) is 30.9 Å². The Morgan fingerprint density at radius 1 is 1.28 bits per heavy atom. The van der Waals surface area contributed by atoms with Crippen LogP contribution in [0.3, 0.4) is 0 Å². The lowest BCUT2D eigenvalue weighted by Gasteiger charge is -2.33. The number of nitrogens with zero attached hydrogens (tertiary/aromatic N) is 1. The first-order valence-corrected chi connectivity index (χ1v) is 10.9. The number of aromatic hydroxyl groups is 1. The van der Waals surface area contributed by atoms with Crippen molar-refractivity contribution < 1.29 is 24.2 Å². The Kier molecular flexibility index (Phi) is 10.2. The van der Waals surface area contributed by atoms with Crippen molar-refractivity contribution >= 4 is 17.9 Å². The lowest BCUT2D eigenvalue weighted by molar-refractivity contribution is -0.141. The molecule has 0 radical (unpaired) electrons. The van der Waals surface area contributed by atoms with Crippen LogP contribution in [0, 0.1) is 6.92 Å². The van der Waals surface area contributed by atoms with Gasteiger partial charge in [-0.05, 0) is 64.3 Å². The fourth-order valence-electron chi connectivity index (χ4n) is 3.06. The zero-order valence-corrected chi connectivity index (χ0v) is 20.0. The second-order valence-electron chi connectivity index (χ2n) is 8.74. The second-order valence-corrected chi connectivity index (χ2v) is 8.74. The monoisotopic (exact) mass is 447 g/mol. The van der Waals surface area contributed by atoms with E-state index in [1.54, 1.807) is 39.8 Å². The number of rotatable bonds is 10. The number of nitrogens with one attached hydrogen (secondary N) is 2. The zero-order valence-electron chi connectivity index (χ0n) is 20.0. The van der Waals surface area contributed by atoms with Crippen molar-refractivity contribution in [1.29, 1.82) is 0 Å². The third kappa shape index (κ3) is 8.24. The van der Waals surface area contributed by atoms with Gasteiger partial charge in [0, 0.05) is 13.1 Å². The number of aryl methyl sites for hydroxylation is 1. The number of hydrogen-bond acceptors (Lipinski definition) is 5. The van der Waals surface area contributed by atoms with Crippen LogP contribution in [0.4, 0.5) is 4.79 Å². The van der Waals surface area contributed by atoms with Gasteiger partial charge in [0.1, 0.15) is 23.4 Å². The smallest absolute Gasteiger partial charge is 0.408 e. The molecule has 8 heteroatoms. The van der Waals surface area contributed by atoms with Crippen LogP contribution in [0.1, 0.15) is 64.6 Å². The van der Waals surface area contributed by atoms with Crippen molar-refractivity contribution in [2.75, 3.05) is 13.1 Å². The third-order valence-electron chi connectivity index (χ3n) is 4.64. The molecule has 32 heavy (non-hydrogen) atoms. The molecule has 0 aromatic heterocycles. The molecule has 1 rings (SSSR count). The first-order chi connectivity index (χ1) is 14.9. The van der Waals surface area contributed by atoms with E-state index in [0.29, 0.717) is 17.7 Å². The number of amides is 3. The van der Waals surface area contributed by atoms with Gasteiger partial charge in [0.15, 0.2) is 0 Å². The lowest BCUT2D eigenvalue weighted by Crippen LogP contribution is -2.52. The topological polar surface area (TPSA) is 108 Å².